The molecule has 4 heteroatoms. The van der Waals surface area contributed by atoms with E-state index < -0.39 is 16.2 Å². The van der Waals surface area contributed by atoms with Crippen LogP contribution in [0.2, 0.25) is 0 Å². The Kier molecular flexibility index (Phi) is 5.37. The molecule has 122 valence electrons. The van der Waals surface area contributed by atoms with Gasteiger partial charge in [0.1, 0.15) is 0 Å². The number of rotatable bonds is 5. The van der Waals surface area contributed by atoms with Crippen LogP contribution in [-0.2, 0) is 26.8 Å². The van der Waals surface area contributed by atoms with E-state index in [1.165, 1.54) is 0 Å². The standard InChI is InChI=1S/C19H23NO2S/c1-14-8-5-6-11-17(14)19(2,3)18(21)20-16-10-7-9-15(12-16)13-23(4)22/h5-12H,13H2,1-4H3,(H,20,21). The SMILES string of the molecule is Cc1ccccc1C(C)(C)C(=O)Nc1cccc(CS(C)=O)c1. The summed E-state index contributed by atoms with van der Waals surface area (Å²) in [6.45, 7) is 5.87. The van der Waals surface area contributed by atoms with Crippen molar-refractivity contribution in [3.63, 3.8) is 0 Å². The van der Waals surface area contributed by atoms with E-state index in [1.807, 2.05) is 69.3 Å². The minimum atomic E-state index is -0.900. The van der Waals surface area contributed by atoms with Crippen molar-refractivity contribution in [3.8, 4) is 0 Å². The Bertz CT molecular complexity index is 738. The number of carbonyl (C=O) groups excluding carboxylic acids is 1. The largest absolute Gasteiger partial charge is 0.325 e. The lowest BCUT2D eigenvalue weighted by Gasteiger charge is -2.26. The summed E-state index contributed by atoms with van der Waals surface area (Å²) in [5.74, 6) is 0.437. The van der Waals surface area contributed by atoms with Crippen molar-refractivity contribution in [1.82, 2.24) is 0 Å². The third kappa shape index (κ3) is 4.29. The molecule has 0 aliphatic carbocycles. The molecular formula is C19H23NO2S. The number of hydrogen-bond acceptors (Lipinski definition) is 2. The predicted octanol–water partition coefficient (Wildman–Crippen LogP) is 3.79. The van der Waals surface area contributed by atoms with Crippen LogP contribution in [-0.4, -0.2) is 16.4 Å². The Morgan fingerprint density at radius 2 is 1.83 bits per heavy atom. The van der Waals surface area contributed by atoms with Crippen molar-refractivity contribution in [2.75, 3.05) is 11.6 Å². The summed E-state index contributed by atoms with van der Waals surface area (Å²) in [5, 5.41) is 2.98. The number of benzene rings is 2. The highest BCUT2D eigenvalue weighted by Crippen LogP contribution is 2.28. The first-order chi connectivity index (χ1) is 10.8. The summed E-state index contributed by atoms with van der Waals surface area (Å²) in [4.78, 5) is 12.7. The van der Waals surface area contributed by atoms with Gasteiger partial charge in [-0.2, -0.15) is 0 Å². The summed E-state index contributed by atoms with van der Waals surface area (Å²) in [5.41, 5.74) is 3.18. The zero-order valence-electron chi connectivity index (χ0n) is 14.1. The molecule has 0 saturated heterocycles. The molecule has 2 rings (SSSR count). The molecule has 0 radical (unpaired) electrons. The van der Waals surface area contributed by atoms with Gasteiger partial charge in [-0.15, -0.1) is 0 Å². The van der Waals surface area contributed by atoms with Gasteiger partial charge in [-0.3, -0.25) is 9.00 Å². The van der Waals surface area contributed by atoms with Crippen molar-refractivity contribution in [2.24, 2.45) is 0 Å². The number of amides is 1. The lowest BCUT2D eigenvalue weighted by atomic mass is 9.81. The first kappa shape index (κ1) is 17.4. The summed E-state index contributed by atoms with van der Waals surface area (Å²) < 4.78 is 11.4. The first-order valence-electron chi connectivity index (χ1n) is 7.57. The average Bonchev–Trinajstić information content (AvgIpc) is 2.47. The van der Waals surface area contributed by atoms with Gasteiger partial charge in [0.05, 0.1) is 5.41 Å². The van der Waals surface area contributed by atoms with Crippen molar-refractivity contribution >= 4 is 22.4 Å². The second-order valence-electron chi connectivity index (χ2n) is 6.31. The van der Waals surface area contributed by atoms with Crippen molar-refractivity contribution in [1.29, 1.82) is 0 Å². The summed E-state index contributed by atoms with van der Waals surface area (Å²) in [7, 11) is -0.900. The Morgan fingerprint density at radius 1 is 1.13 bits per heavy atom. The first-order valence-corrected chi connectivity index (χ1v) is 9.30. The maximum Gasteiger partial charge on any atom is 0.234 e. The van der Waals surface area contributed by atoms with Crippen LogP contribution >= 0.6 is 0 Å². The Hall–Kier alpha value is -1.94. The highest BCUT2D eigenvalue weighted by molar-refractivity contribution is 7.83. The minimum absolute atomic E-state index is 0.0541. The summed E-state index contributed by atoms with van der Waals surface area (Å²) in [6.07, 6.45) is 1.67. The van der Waals surface area contributed by atoms with Gasteiger partial charge >= 0.3 is 0 Å². The van der Waals surface area contributed by atoms with Gasteiger partial charge in [0.2, 0.25) is 5.91 Å². The number of anilines is 1. The highest BCUT2D eigenvalue weighted by atomic mass is 32.2. The van der Waals surface area contributed by atoms with Gasteiger partial charge in [0.15, 0.2) is 0 Å². The highest BCUT2D eigenvalue weighted by Gasteiger charge is 2.31. The lowest BCUT2D eigenvalue weighted by Crippen LogP contribution is -2.35. The molecule has 1 unspecified atom stereocenters. The van der Waals surface area contributed by atoms with Crippen molar-refractivity contribution < 1.29 is 9.00 Å². The molecule has 0 spiro atoms. The number of carbonyl (C=O) groups is 1. The third-order valence-corrected chi connectivity index (χ3v) is 4.68. The molecular weight excluding hydrogens is 306 g/mol. The molecule has 0 heterocycles. The fraction of sp³-hybridized carbons (Fsp3) is 0.316. The quantitative estimate of drug-likeness (QED) is 0.907. The van der Waals surface area contributed by atoms with E-state index in [-0.39, 0.29) is 5.91 Å². The molecule has 2 aromatic carbocycles. The van der Waals surface area contributed by atoms with Gasteiger partial charge in [0.25, 0.3) is 0 Å². The van der Waals surface area contributed by atoms with Gasteiger partial charge in [-0.1, -0.05) is 36.4 Å². The van der Waals surface area contributed by atoms with Crippen molar-refractivity contribution in [3.05, 3.63) is 65.2 Å². The van der Waals surface area contributed by atoms with Crippen LogP contribution in [0.3, 0.4) is 0 Å². The monoisotopic (exact) mass is 329 g/mol. The van der Waals surface area contributed by atoms with E-state index in [0.29, 0.717) is 5.75 Å². The summed E-state index contributed by atoms with van der Waals surface area (Å²) in [6, 6.07) is 15.5. The number of hydrogen-bond donors (Lipinski definition) is 1. The molecule has 1 amide bonds. The smallest absolute Gasteiger partial charge is 0.234 e. The Labute approximate surface area is 140 Å². The Balaban J connectivity index is 2.21. The lowest BCUT2D eigenvalue weighted by molar-refractivity contribution is -0.120. The molecule has 0 fully saturated rings. The molecule has 1 N–H and O–H groups in total. The average molecular weight is 329 g/mol. The number of nitrogens with one attached hydrogen (secondary N) is 1. The van der Waals surface area contributed by atoms with Crippen LogP contribution in [0.4, 0.5) is 5.69 Å². The third-order valence-electron chi connectivity index (χ3n) is 3.94. The summed E-state index contributed by atoms with van der Waals surface area (Å²) >= 11 is 0. The zero-order chi connectivity index (χ0) is 17.0. The molecule has 1 atom stereocenters. The van der Waals surface area contributed by atoms with E-state index >= 15 is 0 Å². The van der Waals surface area contributed by atoms with Crippen molar-refractivity contribution in [2.45, 2.75) is 31.9 Å². The van der Waals surface area contributed by atoms with Gasteiger partial charge in [-0.05, 0) is 49.6 Å². The van der Waals surface area contributed by atoms with Crippen LogP contribution in [0.1, 0.15) is 30.5 Å². The zero-order valence-corrected chi connectivity index (χ0v) is 14.9. The maximum absolute atomic E-state index is 12.7. The van der Waals surface area contributed by atoms with E-state index in [2.05, 4.69) is 5.32 Å². The maximum atomic E-state index is 12.7. The van der Waals surface area contributed by atoms with Crippen LogP contribution < -0.4 is 5.32 Å². The van der Waals surface area contributed by atoms with Gasteiger partial charge in [-0.25, -0.2) is 0 Å². The fourth-order valence-electron chi connectivity index (χ4n) is 2.66. The molecule has 23 heavy (non-hydrogen) atoms. The topological polar surface area (TPSA) is 46.2 Å². The van der Waals surface area contributed by atoms with E-state index in [1.54, 1.807) is 6.26 Å². The molecule has 0 saturated carbocycles. The molecule has 2 aromatic rings. The van der Waals surface area contributed by atoms with Crippen LogP contribution in [0.25, 0.3) is 0 Å². The molecule has 3 nitrogen and oxygen atoms in total. The van der Waals surface area contributed by atoms with Gasteiger partial charge in [0, 0.05) is 28.5 Å². The van der Waals surface area contributed by atoms with E-state index in [4.69, 9.17) is 0 Å². The minimum Gasteiger partial charge on any atom is -0.325 e. The van der Waals surface area contributed by atoms with E-state index in [0.717, 1.165) is 22.4 Å². The van der Waals surface area contributed by atoms with E-state index in [9.17, 15) is 9.00 Å². The van der Waals surface area contributed by atoms with Crippen LogP contribution in [0.15, 0.2) is 48.5 Å². The second kappa shape index (κ2) is 7.09. The Morgan fingerprint density at radius 3 is 2.48 bits per heavy atom. The van der Waals surface area contributed by atoms with Crippen LogP contribution in [0.5, 0.6) is 0 Å². The van der Waals surface area contributed by atoms with Crippen LogP contribution in [0, 0.1) is 6.92 Å². The molecule has 0 aliphatic rings. The molecule has 0 aliphatic heterocycles. The number of aryl methyl sites for hydroxylation is 1. The predicted molar refractivity (Wildman–Crippen MR) is 97.0 cm³/mol. The normalized spacial score (nSPS) is 12.7. The molecule has 0 aromatic heterocycles. The fourth-order valence-corrected chi connectivity index (χ4v) is 3.31. The van der Waals surface area contributed by atoms with Gasteiger partial charge < -0.3 is 5.32 Å². The molecule has 0 bridgehead atoms. The second-order valence-corrected chi connectivity index (χ2v) is 7.75.